The smallest absolute Gasteiger partial charge is 0.173 e. The number of imidazole rings is 1. The number of nitrogens with two attached hydrogens (primary N) is 1. The van der Waals surface area contributed by atoms with Crippen molar-refractivity contribution in [2.45, 2.75) is 0 Å². The standard InChI is InChI=1S/C8H7N5S/c9-7(14)8-11-3-4-13(8)6-1-2-10-5-12-6/h1-5H,(H2,9,14). The third-order valence-corrected chi connectivity index (χ3v) is 1.86. The Morgan fingerprint density at radius 2 is 2.21 bits per heavy atom. The summed E-state index contributed by atoms with van der Waals surface area (Å²) in [5.74, 6) is 1.22. The van der Waals surface area contributed by atoms with E-state index in [-0.39, 0.29) is 4.99 Å². The second-order valence-electron chi connectivity index (χ2n) is 2.55. The maximum Gasteiger partial charge on any atom is 0.173 e. The van der Waals surface area contributed by atoms with E-state index in [0.29, 0.717) is 11.6 Å². The minimum atomic E-state index is 0.244. The lowest BCUT2D eigenvalue weighted by atomic mass is 10.5. The first-order chi connectivity index (χ1) is 6.79. The molecule has 5 nitrogen and oxygen atoms in total. The molecule has 0 unspecified atom stereocenters. The average molecular weight is 205 g/mol. The van der Waals surface area contributed by atoms with E-state index in [2.05, 4.69) is 15.0 Å². The Morgan fingerprint density at radius 3 is 2.86 bits per heavy atom. The van der Waals surface area contributed by atoms with Crippen LogP contribution in [0.2, 0.25) is 0 Å². The molecule has 0 fully saturated rings. The van der Waals surface area contributed by atoms with Crippen molar-refractivity contribution in [2.75, 3.05) is 0 Å². The molecule has 2 heterocycles. The van der Waals surface area contributed by atoms with Gasteiger partial charge in [-0.3, -0.25) is 4.57 Å². The van der Waals surface area contributed by atoms with Crippen molar-refractivity contribution in [2.24, 2.45) is 5.73 Å². The maximum atomic E-state index is 5.50. The quantitative estimate of drug-likeness (QED) is 0.714. The predicted octanol–water partition coefficient (Wildman–Crippen LogP) is 0.297. The van der Waals surface area contributed by atoms with Gasteiger partial charge in [-0.25, -0.2) is 15.0 Å². The highest BCUT2D eigenvalue weighted by Crippen LogP contribution is 2.05. The third-order valence-electron chi connectivity index (χ3n) is 1.67. The molecule has 0 aliphatic carbocycles. The number of rotatable bonds is 2. The van der Waals surface area contributed by atoms with Gasteiger partial charge in [0.15, 0.2) is 5.82 Å². The van der Waals surface area contributed by atoms with Gasteiger partial charge >= 0.3 is 0 Å². The van der Waals surface area contributed by atoms with E-state index >= 15 is 0 Å². The highest BCUT2D eigenvalue weighted by Gasteiger charge is 2.07. The highest BCUT2D eigenvalue weighted by molar-refractivity contribution is 7.80. The third kappa shape index (κ3) is 1.47. The van der Waals surface area contributed by atoms with E-state index in [9.17, 15) is 0 Å². The molecule has 0 spiro atoms. The van der Waals surface area contributed by atoms with Crippen LogP contribution in [0.3, 0.4) is 0 Å². The van der Waals surface area contributed by atoms with Gasteiger partial charge in [-0.05, 0) is 6.07 Å². The number of nitrogens with zero attached hydrogens (tertiary/aromatic N) is 4. The minimum Gasteiger partial charge on any atom is -0.387 e. The van der Waals surface area contributed by atoms with Gasteiger partial charge in [0, 0.05) is 18.6 Å². The van der Waals surface area contributed by atoms with Crippen molar-refractivity contribution in [1.82, 2.24) is 19.5 Å². The Morgan fingerprint density at radius 1 is 1.36 bits per heavy atom. The Hall–Kier alpha value is -1.82. The summed E-state index contributed by atoms with van der Waals surface area (Å²) >= 11 is 4.85. The van der Waals surface area contributed by atoms with Gasteiger partial charge in [-0.2, -0.15) is 0 Å². The molecule has 0 bridgehead atoms. The number of thiocarbonyl (C=S) groups is 1. The zero-order chi connectivity index (χ0) is 9.97. The molecule has 2 aromatic heterocycles. The average Bonchev–Trinajstić information content (AvgIpc) is 2.67. The van der Waals surface area contributed by atoms with Gasteiger partial charge in [0.2, 0.25) is 0 Å². The number of hydrogen-bond donors (Lipinski definition) is 1. The van der Waals surface area contributed by atoms with Crippen LogP contribution in [0, 0.1) is 0 Å². The summed E-state index contributed by atoms with van der Waals surface area (Å²) in [6.07, 6.45) is 6.47. The summed E-state index contributed by atoms with van der Waals surface area (Å²) in [6.45, 7) is 0. The Bertz CT molecular complexity index is 450. The van der Waals surface area contributed by atoms with E-state index in [1.807, 2.05) is 0 Å². The molecular weight excluding hydrogens is 198 g/mol. The van der Waals surface area contributed by atoms with Crippen LogP contribution in [0.15, 0.2) is 31.0 Å². The normalized spacial score (nSPS) is 10.0. The number of aromatic nitrogens is 4. The van der Waals surface area contributed by atoms with Gasteiger partial charge in [0.25, 0.3) is 0 Å². The Labute approximate surface area is 85.6 Å². The molecule has 2 aromatic rings. The van der Waals surface area contributed by atoms with Crippen LogP contribution in [0.4, 0.5) is 0 Å². The molecular formula is C8H7N5S. The summed E-state index contributed by atoms with van der Waals surface area (Å²) in [5.41, 5.74) is 5.50. The fourth-order valence-corrected chi connectivity index (χ4v) is 1.25. The molecule has 0 amide bonds. The summed E-state index contributed by atoms with van der Waals surface area (Å²) in [4.78, 5) is 12.2. The molecule has 0 saturated heterocycles. The van der Waals surface area contributed by atoms with Crippen LogP contribution >= 0.6 is 12.2 Å². The van der Waals surface area contributed by atoms with E-state index in [0.717, 1.165) is 0 Å². The SMILES string of the molecule is NC(=S)c1nccn1-c1ccncn1. The second-order valence-corrected chi connectivity index (χ2v) is 2.99. The molecule has 70 valence electrons. The monoisotopic (exact) mass is 205 g/mol. The van der Waals surface area contributed by atoms with Crippen molar-refractivity contribution in [1.29, 1.82) is 0 Å². The topological polar surface area (TPSA) is 69.6 Å². The summed E-state index contributed by atoms with van der Waals surface area (Å²) in [6, 6.07) is 1.75. The summed E-state index contributed by atoms with van der Waals surface area (Å²) in [7, 11) is 0. The molecule has 2 N–H and O–H groups in total. The first-order valence-electron chi connectivity index (χ1n) is 3.88. The molecule has 0 aliphatic rings. The van der Waals surface area contributed by atoms with Crippen LogP contribution < -0.4 is 5.73 Å². The lowest BCUT2D eigenvalue weighted by Gasteiger charge is -2.03. The first kappa shape index (κ1) is 8.76. The number of hydrogen-bond acceptors (Lipinski definition) is 4. The maximum absolute atomic E-state index is 5.50. The second kappa shape index (κ2) is 3.51. The van der Waals surface area contributed by atoms with Crippen LogP contribution in [0.25, 0.3) is 5.82 Å². The van der Waals surface area contributed by atoms with Crippen LogP contribution in [-0.2, 0) is 0 Å². The van der Waals surface area contributed by atoms with Gasteiger partial charge in [-0.15, -0.1) is 0 Å². The Kier molecular flexibility index (Phi) is 2.19. The van der Waals surface area contributed by atoms with Crippen molar-refractivity contribution >= 4 is 17.2 Å². The van der Waals surface area contributed by atoms with Gasteiger partial charge in [-0.1, -0.05) is 12.2 Å². The van der Waals surface area contributed by atoms with Crippen LogP contribution in [-0.4, -0.2) is 24.5 Å². The molecule has 2 rings (SSSR count). The molecule has 0 atom stereocenters. The van der Waals surface area contributed by atoms with Crippen LogP contribution in [0.1, 0.15) is 5.82 Å². The van der Waals surface area contributed by atoms with Gasteiger partial charge in [0.05, 0.1) is 0 Å². The fourth-order valence-electron chi connectivity index (χ4n) is 1.10. The lowest BCUT2D eigenvalue weighted by Crippen LogP contribution is -2.16. The van der Waals surface area contributed by atoms with Crippen molar-refractivity contribution < 1.29 is 0 Å². The zero-order valence-corrected chi connectivity index (χ0v) is 7.98. The van der Waals surface area contributed by atoms with E-state index in [1.54, 1.807) is 29.2 Å². The van der Waals surface area contributed by atoms with Crippen molar-refractivity contribution in [3.63, 3.8) is 0 Å². The van der Waals surface area contributed by atoms with E-state index in [1.165, 1.54) is 6.33 Å². The van der Waals surface area contributed by atoms with Gasteiger partial charge < -0.3 is 5.73 Å². The lowest BCUT2D eigenvalue weighted by molar-refractivity contribution is 0.958. The first-order valence-corrected chi connectivity index (χ1v) is 4.29. The molecule has 0 saturated carbocycles. The predicted molar refractivity (Wildman–Crippen MR) is 55.0 cm³/mol. The zero-order valence-electron chi connectivity index (χ0n) is 7.16. The van der Waals surface area contributed by atoms with Crippen LogP contribution in [0.5, 0.6) is 0 Å². The molecule has 14 heavy (non-hydrogen) atoms. The molecule has 0 aromatic carbocycles. The van der Waals surface area contributed by atoms with E-state index < -0.39 is 0 Å². The highest BCUT2D eigenvalue weighted by atomic mass is 32.1. The van der Waals surface area contributed by atoms with Gasteiger partial charge in [0.1, 0.15) is 17.1 Å². The molecule has 6 heteroatoms. The summed E-state index contributed by atoms with van der Waals surface area (Å²) in [5, 5.41) is 0. The van der Waals surface area contributed by atoms with Crippen molar-refractivity contribution in [3.8, 4) is 5.82 Å². The fraction of sp³-hybridized carbons (Fsp3) is 0. The van der Waals surface area contributed by atoms with Crippen molar-refractivity contribution in [3.05, 3.63) is 36.8 Å². The molecule has 0 radical (unpaired) electrons. The Balaban J connectivity index is 2.52. The van der Waals surface area contributed by atoms with E-state index in [4.69, 9.17) is 18.0 Å². The summed E-state index contributed by atoms with van der Waals surface area (Å²) < 4.78 is 1.71. The minimum absolute atomic E-state index is 0.244. The largest absolute Gasteiger partial charge is 0.387 e. The molecule has 0 aliphatic heterocycles.